The van der Waals surface area contributed by atoms with Crippen LogP contribution in [0.1, 0.15) is 16.1 Å². The molecule has 1 heterocycles. The van der Waals surface area contributed by atoms with Gasteiger partial charge in [-0.1, -0.05) is 5.92 Å². The summed E-state index contributed by atoms with van der Waals surface area (Å²) >= 11 is 0. The molecule has 0 radical (unpaired) electrons. The van der Waals surface area contributed by atoms with Gasteiger partial charge in [0.2, 0.25) is 0 Å². The summed E-state index contributed by atoms with van der Waals surface area (Å²) in [4.78, 5) is 15.2. The van der Waals surface area contributed by atoms with Crippen molar-refractivity contribution >= 4 is 5.97 Å². The van der Waals surface area contributed by atoms with E-state index in [0.717, 1.165) is 0 Å². The standard InChI is InChI=1S/C11H12N2O2/c1-12-6-3-4-10-8-9(5-7-13-10)11(14)15-2/h5,7-8,12H,6H2,1-2H3. The highest BCUT2D eigenvalue weighted by molar-refractivity contribution is 5.89. The third-order valence-electron chi connectivity index (χ3n) is 1.66. The third-order valence-corrected chi connectivity index (χ3v) is 1.66. The Labute approximate surface area is 88.7 Å². The molecular formula is C11H12N2O2. The van der Waals surface area contributed by atoms with Gasteiger partial charge in [0.25, 0.3) is 0 Å². The Kier molecular flexibility index (Phi) is 4.32. The number of hydrogen-bond acceptors (Lipinski definition) is 4. The number of carbonyl (C=O) groups excluding carboxylic acids is 1. The van der Waals surface area contributed by atoms with Crippen LogP contribution in [-0.4, -0.2) is 31.7 Å². The van der Waals surface area contributed by atoms with Crippen molar-refractivity contribution in [1.29, 1.82) is 0 Å². The minimum Gasteiger partial charge on any atom is -0.465 e. The summed E-state index contributed by atoms with van der Waals surface area (Å²) in [5.41, 5.74) is 1.02. The Morgan fingerprint density at radius 3 is 3.13 bits per heavy atom. The normalized spacial score (nSPS) is 8.93. The Balaban J connectivity index is 2.84. The van der Waals surface area contributed by atoms with Crippen LogP contribution < -0.4 is 5.32 Å². The molecule has 1 aromatic rings. The molecule has 0 saturated heterocycles. The lowest BCUT2D eigenvalue weighted by Gasteiger charge is -1.98. The summed E-state index contributed by atoms with van der Waals surface area (Å²) in [6.45, 7) is 0.587. The van der Waals surface area contributed by atoms with E-state index in [2.05, 4.69) is 26.9 Å². The van der Waals surface area contributed by atoms with Crippen LogP contribution in [0.5, 0.6) is 0 Å². The number of nitrogens with one attached hydrogen (secondary N) is 1. The number of nitrogens with zero attached hydrogens (tertiary/aromatic N) is 1. The first kappa shape index (κ1) is 11.2. The van der Waals surface area contributed by atoms with Gasteiger partial charge in [-0.2, -0.15) is 0 Å². The maximum absolute atomic E-state index is 11.2. The van der Waals surface area contributed by atoms with Gasteiger partial charge in [0, 0.05) is 6.20 Å². The van der Waals surface area contributed by atoms with Gasteiger partial charge in [0.15, 0.2) is 0 Å². The van der Waals surface area contributed by atoms with E-state index >= 15 is 0 Å². The molecule has 1 aromatic heterocycles. The lowest BCUT2D eigenvalue weighted by Crippen LogP contribution is -2.05. The maximum Gasteiger partial charge on any atom is 0.338 e. The Hall–Kier alpha value is -1.86. The number of hydrogen-bond donors (Lipinski definition) is 1. The average molecular weight is 204 g/mol. The van der Waals surface area contributed by atoms with Gasteiger partial charge in [-0.15, -0.1) is 0 Å². The molecule has 78 valence electrons. The molecule has 0 unspecified atom stereocenters. The predicted octanol–water partition coefficient (Wildman–Crippen LogP) is 0.439. The van der Waals surface area contributed by atoms with E-state index in [1.54, 1.807) is 12.1 Å². The smallest absolute Gasteiger partial charge is 0.338 e. The Morgan fingerprint density at radius 1 is 1.67 bits per heavy atom. The topological polar surface area (TPSA) is 51.2 Å². The molecule has 0 fully saturated rings. The van der Waals surface area contributed by atoms with Crippen LogP contribution >= 0.6 is 0 Å². The van der Waals surface area contributed by atoms with Gasteiger partial charge < -0.3 is 10.1 Å². The molecule has 0 aliphatic carbocycles. The fourth-order valence-corrected chi connectivity index (χ4v) is 0.967. The number of methoxy groups -OCH3 is 1. The van der Waals surface area contributed by atoms with E-state index < -0.39 is 0 Å². The van der Waals surface area contributed by atoms with Crippen LogP contribution in [0, 0.1) is 11.8 Å². The maximum atomic E-state index is 11.2. The molecule has 0 aliphatic heterocycles. The van der Waals surface area contributed by atoms with Gasteiger partial charge in [0.05, 0.1) is 19.2 Å². The van der Waals surface area contributed by atoms with Gasteiger partial charge in [-0.25, -0.2) is 9.78 Å². The highest BCUT2D eigenvalue weighted by Gasteiger charge is 2.04. The van der Waals surface area contributed by atoms with Gasteiger partial charge in [0.1, 0.15) is 5.69 Å². The molecule has 1 N–H and O–H groups in total. The van der Waals surface area contributed by atoms with E-state index in [0.29, 0.717) is 17.8 Å². The molecule has 0 amide bonds. The summed E-state index contributed by atoms with van der Waals surface area (Å²) in [5.74, 6) is 5.31. The molecule has 4 nitrogen and oxygen atoms in total. The van der Waals surface area contributed by atoms with Crippen LogP contribution in [0.15, 0.2) is 18.3 Å². The van der Waals surface area contributed by atoms with Crippen molar-refractivity contribution in [3.63, 3.8) is 0 Å². The first-order valence-corrected chi connectivity index (χ1v) is 4.45. The number of carbonyl (C=O) groups is 1. The van der Waals surface area contributed by atoms with Crippen LogP contribution in [0.2, 0.25) is 0 Å². The molecular weight excluding hydrogens is 192 g/mol. The molecule has 4 heteroatoms. The molecule has 0 saturated carbocycles. The van der Waals surface area contributed by atoms with Crippen molar-refractivity contribution in [3.05, 3.63) is 29.6 Å². The first-order valence-electron chi connectivity index (χ1n) is 4.45. The lowest BCUT2D eigenvalue weighted by atomic mass is 10.2. The Morgan fingerprint density at radius 2 is 2.47 bits per heavy atom. The monoisotopic (exact) mass is 204 g/mol. The van der Waals surface area contributed by atoms with Crippen molar-refractivity contribution in [2.75, 3.05) is 20.7 Å². The minimum absolute atomic E-state index is 0.380. The van der Waals surface area contributed by atoms with Crippen molar-refractivity contribution < 1.29 is 9.53 Å². The van der Waals surface area contributed by atoms with E-state index in [-0.39, 0.29) is 5.97 Å². The highest BCUT2D eigenvalue weighted by Crippen LogP contribution is 2.02. The van der Waals surface area contributed by atoms with Crippen LogP contribution in [0.25, 0.3) is 0 Å². The molecule has 0 aliphatic rings. The zero-order valence-corrected chi connectivity index (χ0v) is 8.70. The molecule has 15 heavy (non-hydrogen) atoms. The van der Waals surface area contributed by atoms with E-state index in [1.165, 1.54) is 13.3 Å². The largest absolute Gasteiger partial charge is 0.465 e. The lowest BCUT2D eigenvalue weighted by molar-refractivity contribution is 0.0600. The summed E-state index contributed by atoms with van der Waals surface area (Å²) in [5, 5.41) is 2.89. The van der Waals surface area contributed by atoms with Crippen molar-refractivity contribution in [2.24, 2.45) is 0 Å². The minimum atomic E-state index is -0.380. The van der Waals surface area contributed by atoms with Crippen molar-refractivity contribution in [2.45, 2.75) is 0 Å². The fraction of sp³-hybridized carbons (Fsp3) is 0.273. The summed E-state index contributed by atoms with van der Waals surface area (Å²) in [6, 6.07) is 3.20. The SMILES string of the molecule is CNCC#Cc1cc(C(=O)OC)ccn1. The van der Waals surface area contributed by atoms with Crippen LogP contribution in [-0.2, 0) is 4.74 Å². The van der Waals surface area contributed by atoms with E-state index in [1.807, 2.05) is 7.05 Å². The zero-order valence-electron chi connectivity index (χ0n) is 8.70. The second-order valence-corrected chi connectivity index (χ2v) is 2.75. The summed E-state index contributed by atoms with van der Waals surface area (Å²) in [6.07, 6.45) is 1.54. The average Bonchev–Trinajstić information content (AvgIpc) is 2.29. The number of ether oxygens (including phenoxy) is 1. The predicted molar refractivity (Wildman–Crippen MR) is 56.4 cm³/mol. The molecule has 0 spiro atoms. The number of pyridine rings is 1. The second-order valence-electron chi connectivity index (χ2n) is 2.75. The fourth-order valence-electron chi connectivity index (χ4n) is 0.967. The molecule has 0 aromatic carbocycles. The van der Waals surface area contributed by atoms with E-state index in [9.17, 15) is 4.79 Å². The van der Waals surface area contributed by atoms with Crippen LogP contribution in [0.4, 0.5) is 0 Å². The summed E-state index contributed by atoms with van der Waals surface area (Å²) < 4.78 is 4.59. The molecule has 1 rings (SSSR count). The number of aromatic nitrogens is 1. The Bertz CT molecular complexity index is 405. The van der Waals surface area contributed by atoms with Crippen LogP contribution in [0.3, 0.4) is 0 Å². The third kappa shape index (κ3) is 3.41. The van der Waals surface area contributed by atoms with E-state index in [4.69, 9.17) is 0 Å². The number of esters is 1. The van der Waals surface area contributed by atoms with Crippen molar-refractivity contribution in [3.8, 4) is 11.8 Å². The van der Waals surface area contributed by atoms with Gasteiger partial charge >= 0.3 is 5.97 Å². The number of rotatable bonds is 2. The highest BCUT2D eigenvalue weighted by atomic mass is 16.5. The summed E-state index contributed by atoms with van der Waals surface area (Å²) in [7, 11) is 3.15. The zero-order chi connectivity index (χ0) is 11.1. The first-order chi connectivity index (χ1) is 7.27. The second kappa shape index (κ2) is 5.78. The van der Waals surface area contributed by atoms with Gasteiger partial charge in [-0.05, 0) is 25.1 Å². The molecule has 0 bridgehead atoms. The van der Waals surface area contributed by atoms with Gasteiger partial charge in [-0.3, -0.25) is 0 Å². The van der Waals surface area contributed by atoms with Crippen molar-refractivity contribution in [1.82, 2.24) is 10.3 Å². The molecule has 0 atom stereocenters. The quantitative estimate of drug-likeness (QED) is 0.561.